The average molecular weight is 292 g/mol. The van der Waals surface area contributed by atoms with E-state index in [2.05, 4.69) is 6.92 Å². The molecule has 0 bridgehead atoms. The van der Waals surface area contributed by atoms with Crippen LogP contribution >= 0.6 is 0 Å². The van der Waals surface area contributed by atoms with E-state index < -0.39 is 5.97 Å². The van der Waals surface area contributed by atoms with Crippen molar-refractivity contribution < 1.29 is 9.90 Å². The van der Waals surface area contributed by atoms with Crippen LogP contribution in [0.2, 0.25) is 0 Å². The second kappa shape index (κ2) is 8.60. The van der Waals surface area contributed by atoms with Crippen molar-refractivity contribution in [3.63, 3.8) is 0 Å². The summed E-state index contributed by atoms with van der Waals surface area (Å²) in [5.74, 6) is 2.84. The summed E-state index contributed by atoms with van der Waals surface area (Å²) in [6.07, 6.45) is 18.2. The van der Waals surface area contributed by atoms with E-state index in [4.69, 9.17) is 5.11 Å². The largest absolute Gasteiger partial charge is 0.478 e. The molecule has 0 aliphatic heterocycles. The van der Waals surface area contributed by atoms with Gasteiger partial charge in [-0.15, -0.1) is 0 Å². The summed E-state index contributed by atoms with van der Waals surface area (Å²) in [5.41, 5.74) is 0. The van der Waals surface area contributed by atoms with Crippen LogP contribution in [0.5, 0.6) is 0 Å². The molecule has 0 spiro atoms. The first-order valence-corrected chi connectivity index (χ1v) is 9.03. The number of aliphatic carboxylic acids is 1. The average Bonchev–Trinajstić information content (AvgIpc) is 2.48. The van der Waals surface area contributed by atoms with Gasteiger partial charge in [0.25, 0.3) is 0 Å². The van der Waals surface area contributed by atoms with Crippen LogP contribution in [0.1, 0.15) is 77.6 Å². The molecule has 120 valence electrons. The Morgan fingerprint density at radius 1 is 0.905 bits per heavy atom. The molecule has 0 aromatic rings. The van der Waals surface area contributed by atoms with E-state index >= 15 is 0 Å². The van der Waals surface area contributed by atoms with E-state index in [0.29, 0.717) is 0 Å². The first-order chi connectivity index (χ1) is 10.1. The quantitative estimate of drug-likeness (QED) is 0.663. The minimum Gasteiger partial charge on any atom is -0.478 e. The lowest BCUT2D eigenvalue weighted by molar-refractivity contribution is -0.131. The second-order valence-corrected chi connectivity index (χ2v) is 7.57. The Kier molecular flexibility index (Phi) is 6.79. The third-order valence-electron chi connectivity index (χ3n) is 5.81. The normalized spacial score (nSPS) is 34.1. The summed E-state index contributed by atoms with van der Waals surface area (Å²) in [6.45, 7) is 2.40. The van der Waals surface area contributed by atoms with Gasteiger partial charge in [0, 0.05) is 6.08 Å². The van der Waals surface area contributed by atoms with Crippen LogP contribution in [0.4, 0.5) is 0 Å². The number of allylic oxidation sites excluding steroid dienone is 1. The van der Waals surface area contributed by atoms with E-state index in [1.165, 1.54) is 70.3 Å². The van der Waals surface area contributed by atoms with E-state index in [1.54, 1.807) is 0 Å². The molecule has 2 heteroatoms. The number of rotatable bonds is 6. The molecule has 0 radical (unpaired) electrons. The monoisotopic (exact) mass is 292 g/mol. The predicted octanol–water partition coefficient (Wildman–Crippen LogP) is 5.43. The van der Waals surface area contributed by atoms with Gasteiger partial charge >= 0.3 is 5.97 Å². The van der Waals surface area contributed by atoms with Crippen molar-refractivity contribution in [2.24, 2.45) is 23.7 Å². The number of hydrogen-bond acceptors (Lipinski definition) is 1. The lowest BCUT2D eigenvalue weighted by Crippen LogP contribution is -2.17. The Bertz CT molecular complexity index is 331. The Morgan fingerprint density at radius 2 is 1.38 bits per heavy atom. The van der Waals surface area contributed by atoms with Gasteiger partial charge in [-0.3, -0.25) is 0 Å². The van der Waals surface area contributed by atoms with Crippen LogP contribution in [-0.2, 0) is 4.79 Å². The van der Waals surface area contributed by atoms with Gasteiger partial charge in [-0.2, -0.15) is 0 Å². The lowest BCUT2D eigenvalue weighted by atomic mass is 9.75. The second-order valence-electron chi connectivity index (χ2n) is 7.57. The fourth-order valence-electron chi connectivity index (χ4n) is 4.21. The molecular formula is C19H32O2. The molecule has 0 atom stereocenters. The number of carbonyl (C=O) groups is 1. The highest BCUT2D eigenvalue weighted by atomic mass is 16.4. The Balaban J connectivity index is 1.57. The molecule has 2 aliphatic carbocycles. The topological polar surface area (TPSA) is 37.3 Å². The van der Waals surface area contributed by atoms with Crippen molar-refractivity contribution in [3.05, 3.63) is 12.2 Å². The van der Waals surface area contributed by atoms with Gasteiger partial charge in [0.2, 0.25) is 0 Å². The van der Waals surface area contributed by atoms with Gasteiger partial charge in [0.15, 0.2) is 0 Å². The van der Waals surface area contributed by atoms with Gasteiger partial charge in [-0.25, -0.2) is 4.79 Å². The first kappa shape index (κ1) is 16.6. The predicted molar refractivity (Wildman–Crippen MR) is 87.2 cm³/mol. The van der Waals surface area contributed by atoms with Crippen LogP contribution in [0.25, 0.3) is 0 Å². The minimum atomic E-state index is -0.814. The summed E-state index contributed by atoms with van der Waals surface area (Å²) in [7, 11) is 0. The Labute approximate surface area is 130 Å². The van der Waals surface area contributed by atoms with E-state index in [0.717, 1.165) is 30.1 Å². The SMILES string of the molecule is C[C@H]1CC[C@H](CC[C@H]2CC[C@H](C/C=C/C(=O)O)CC2)CC1. The molecule has 2 fully saturated rings. The molecule has 0 amide bonds. The highest BCUT2D eigenvalue weighted by Crippen LogP contribution is 2.37. The van der Waals surface area contributed by atoms with Crippen molar-refractivity contribution in [3.8, 4) is 0 Å². The molecule has 2 nitrogen and oxygen atoms in total. The Hall–Kier alpha value is -0.790. The number of carboxylic acids is 1. The third kappa shape index (κ3) is 6.23. The standard InChI is InChI=1S/C19H32O2/c1-15-5-7-17(8-6-15)13-14-18-11-9-16(10-12-18)3-2-4-19(20)21/h2,4,15-18H,3,5-14H2,1H3,(H,20,21)/b4-2+/t15-,16-,17-,18-. The summed E-state index contributed by atoms with van der Waals surface area (Å²) in [5, 5.41) is 8.61. The summed E-state index contributed by atoms with van der Waals surface area (Å²) < 4.78 is 0. The van der Waals surface area contributed by atoms with E-state index in [-0.39, 0.29) is 0 Å². The number of carboxylic acid groups (broad SMARTS) is 1. The van der Waals surface area contributed by atoms with Crippen molar-refractivity contribution >= 4 is 5.97 Å². The van der Waals surface area contributed by atoms with E-state index in [1.807, 2.05) is 6.08 Å². The smallest absolute Gasteiger partial charge is 0.327 e. The Morgan fingerprint density at radius 3 is 1.90 bits per heavy atom. The molecule has 0 unspecified atom stereocenters. The molecule has 2 aliphatic rings. The molecule has 0 aromatic carbocycles. The molecule has 1 N–H and O–H groups in total. The minimum absolute atomic E-state index is 0.729. The van der Waals surface area contributed by atoms with Crippen molar-refractivity contribution in [1.82, 2.24) is 0 Å². The van der Waals surface area contributed by atoms with Crippen LogP contribution in [0.3, 0.4) is 0 Å². The molecule has 0 heterocycles. The van der Waals surface area contributed by atoms with Gasteiger partial charge in [-0.05, 0) is 42.9 Å². The van der Waals surface area contributed by atoms with Gasteiger partial charge < -0.3 is 5.11 Å². The van der Waals surface area contributed by atoms with Crippen molar-refractivity contribution in [1.29, 1.82) is 0 Å². The maximum Gasteiger partial charge on any atom is 0.327 e. The summed E-state index contributed by atoms with van der Waals surface area (Å²) >= 11 is 0. The molecule has 2 rings (SSSR count). The zero-order valence-electron chi connectivity index (χ0n) is 13.6. The van der Waals surface area contributed by atoms with Crippen LogP contribution < -0.4 is 0 Å². The maximum atomic E-state index is 10.5. The van der Waals surface area contributed by atoms with Gasteiger partial charge in [0.05, 0.1) is 0 Å². The third-order valence-corrected chi connectivity index (χ3v) is 5.81. The first-order valence-electron chi connectivity index (χ1n) is 9.03. The maximum absolute atomic E-state index is 10.5. The molecule has 2 saturated carbocycles. The van der Waals surface area contributed by atoms with Crippen LogP contribution in [0, 0.1) is 23.7 Å². The molecular weight excluding hydrogens is 260 g/mol. The molecule has 0 aromatic heterocycles. The zero-order chi connectivity index (χ0) is 15.1. The zero-order valence-corrected chi connectivity index (χ0v) is 13.6. The van der Waals surface area contributed by atoms with Crippen molar-refractivity contribution in [2.75, 3.05) is 0 Å². The fraction of sp³-hybridized carbons (Fsp3) is 0.842. The number of hydrogen-bond donors (Lipinski definition) is 1. The molecule has 21 heavy (non-hydrogen) atoms. The van der Waals surface area contributed by atoms with Crippen molar-refractivity contribution in [2.45, 2.75) is 77.6 Å². The fourth-order valence-corrected chi connectivity index (χ4v) is 4.21. The lowest BCUT2D eigenvalue weighted by Gasteiger charge is -2.31. The highest BCUT2D eigenvalue weighted by Gasteiger charge is 2.23. The van der Waals surface area contributed by atoms with Gasteiger partial charge in [0.1, 0.15) is 0 Å². The van der Waals surface area contributed by atoms with Crippen LogP contribution in [-0.4, -0.2) is 11.1 Å². The van der Waals surface area contributed by atoms with E-state index in [9.17, 15) is 4.79 Å². The highest BCUT2D eigenvalue weighted by molar-refractivity contribution is 5.79. The van der Waals surface area contributed by atoms with Crippen LogP contribution in [0.15, 0.2) is 12.2 Å². The molecule has 0 saturated heterocycles. The summed E-state index contributed by atoms with van der Waals surface area (Å²) in [6, 6.07) is 0. The van der Waals surface area contributed by atoms with Gasteiger partial charge in [-0.1, -0.05) is 64.4 Å². The summed E-state index contributed by atoms with van der Waals surface area (Å²) in [4.78, 5) is 10.5.